The molecule has 0 N–H and O–H groups in total. The van der Waals surface area contributed by atoms with Gasteiger partial charge in [0.2, 0.25) is 0 Å². The Labute approximate surface area is 99.0 Å². The first-order chi connectivity index (χ1) is 8.24. The minimum Gasteiger partial charge on any atom is -0.497 e. The second kappa shape index (κ2) is 4.86. The molecule has 0 fully saturated rings. The Morgan fingerprint density at radius 3 is 2.82 bits per heavy atom. The van der Waals surface area contributed by atoms with Gasteiger partial charge in [-0.2, -0.15) is 0 Å². The van der Waals surface area contributed by atoms with Crippen LogP contribution in [0.15, 0.2) is 23.4 Å². The van der Waals surface area contributed by atoms with Crippen LogP contribution in [0.5, 0.6) is 5.75 Å². The summed E-state index contributed by atoms with van der Waals surface area (Å²) < 4.78 is 9.49. The quantitative estimate of drug-likeness (QED) is 0.447. The first kappa shape index (κ1) is 11.4. The zero-order valence-corrected chi connectivity index (χ0v) is 9.73. The molecule has 0 amide bonds. The summed E-state index contributed by atoms with van der Waals surface area (Å²) in [5, 5.41) is 3.79. The highest BCUT2D eigenvalue weighted by atomic mass is 16.8. The van der Waals surface area contributed by atoms with Gasteiger partial charge in [-0.15, -0.1) is 0 Å². The number of hydrogen-bond donors (Lipinski definition) is 0. The van der Waals surface area contributed by atoms with E-state index in [-0.39, 0.29) is 0 Å². The van der Waals surface area contributed by atoms with Crippen LogP contribution in [0.3, 0.4) is 0 Å². The van der Waals surface area contributed by atoms with Gasteiger partial charge in [0.05, 0.1) is 19.9 Å². The predicted molar refractivity (Wildman–Crippen MR) is 61.3 cm³/mol. The van der Waals surface area contributed by atoms with E-state index in [0.717, 1.165) is 35.4 Å². The highest BCUT2D eigenvalue weighted by molar-refractivity contribution is 6.04. The Kier molecular flexibility index (Phi) is 3.27. The van der Waals surface area contributed by atoms with E-state index < -0.39 is 6.16 Å². The minimum atomic E-state index is -0.806. The maximum atomic E-state index is 10.8. The zero-order chi connectivity index (χ0) is 12.3. The first-order valence-electron chi connectivity index (χ1n) is 5.23. The van der Waals surface area contributed by atoms with Crippen LogP contribution in [-0.4, -0.2) is 26.1 Å². The van der Waals surface area contributed by atoms with E-state index in [4.69, 9.17) is 4.74 Å². The molecular formula is C12H13NO4. The lowest BCUT2D eigenvalue weighted by molar-refractivity contribution is 0.0753. The summed E-state index contributed by atoms with van der Waals surface area (Å²) in [5.74, 6) is 0.818. The van der Waals surface area contributed by atoms with Crippen molar-refractivity contribution in [2.45, 2.75) is 12.8 Å². The molecule has 0 radical (unpaired) electrons. The van der Waals surface area contributed by atoms with Gasteiger partial charge in [0.1, 0.15) is 5.75 Å². The van der Waals surface area contributed by atoms with Crippen LogP contribution < -0.4 is 4.74 Å². The van der Waals surface area contributed by atoms with Gasteiger partial charge < -0.3 is 9.47 Å². The molecule has 5 heteroatoms. The van der Waals surface area contributed by atoms with Crippen molar-refractivity contribution >= 4 is 11.9 Å². The number of hydrogen-bond acceptors (Lipinski definition) is 5. The average molecular weight is 235 g/mol. The molecule has 0 spiro atoms. The first-order valence-corrected chi connectivity index (χ1v) is 5.23. The van der Waals surface area contributed by atoms with Crippen molar-refractivity contribution in [2.24, 2.45) is 5.16 Å². The second-order valence-electron chi connectivity index (χ2n) is 3.61. The summed E-state index contributed by atoms with van der Waals surface area (Å²) in [5.41, 5.74) is 2.90. The van der Waals surface area contributed by atoms with Crippen molar-refractivity contribution in [2.75, 3.05) is 14.2 Å². The van der Waals surface area contributed by atoms with Crippen LogP contribution in [0, 0.1) is 0 Å². The molecule has 1 aromatic carbocycles. The van der Waals surface area contributed by atoms with Crippen LogP contribution in [0.2, 0.25) is 0 Å². The van der Waals surface area contributed by atoms with Crippen molar-refractivity contribution in [1.29, 1.82) is 0 Å². The lowest BCUT2D eigenvalue weighted by Crippen LogP contribution is -2.03. The number of oxime groups is 1. The number of nitrogens with zero attached hydrogens (tertiary/aromatic N) is 1. The summed E-state index contributed by atoms with van der Waals surface area (Å²) in [4.78, 5) is 15.4. The van der Waals surface area contributed by atoms with Crippen LogP contribution in [0.1, 0.15) is 17.5 Å². The molecule has 0 heterocycles. The van der Waals surface area contributed by atoms with Crippen molar-refractivity contribution in [3.8, 4) is 5.75 Å². The predicted octanol–water partition coefficient (Wildman–Crippen LogP) is 2.13. The Bertz CT molecular complexity index is 468. The van der Waals surface area contributed by atoms with E-state index in [1.54, 1.807) is 7.11 Å². The van der Waals surface area contributed by atoms with Crippen molar-refractivity contribution in [3.05, 3.63) is 29.3 Å². The SMILES string of the molecule is COC(=O)O/N=C1/CCc2cc(OC)ccc21. The van der Waals surface area contributed by atoms with E-state index >= 15 is 0 Å². The molecule has 2 rings (SSSR count). The summed E-state index contributed by atoms with van der Waals surface area (Å²) in [7, 11) is 2.88. The highest BCUT2D eigenvalue weighted by Crippen LogP contribution is 2.26. The number of rotatable bonds is 2. The molecule has 0 bridgehead atoms. The maximum Gasteiger partial charge on any atom is 0.534 e. The fourth-order valence-electron chi connectivity index (χ4n) is 1.80. The number of aryl methyl sites for hydroxylation is 1. The lowest BCUT2D eigenvalue weighted by atomic mass is 10.1. The van der Waals surface area contributed by atoms with E-state index in [9.17, 15) is 4.79 Å². The largest absolute Gasteiger partial charge is 0.534 e. The Balaban J connectivity index is 2.19. The third kappa shape index (κ3) is 2.38. The number of carbonyl (C=O) groups excluding carboxylic acids is 1. The van der Waals surface area contributed by atoms with Crippen molar-refractivity contribution < 1.29 is 19.1 Å². The number of carbonyl (C=O) groups is 1. The van der Waals surface area contributed by atoms with Crippen molar-refractivity contribution in [3.63, 3.8) is 0 Å². The van der Waals surface area contributed by atoms with Gasteiger partial charge in [-0.1, -0.05) is 5.16 Å². The smallest absolute Gasteiger partial charge is 0.497 e. The molecule has 17 heavy (non-hydrogen) atoms. The minimum absolute atomic E-state index is 0.749. The number of fused-ring (bicyclic) bond motifs is 1. The van der Waals surface area contributed by atoms with Gasteiger partial charge in [-0.25, -0.2) is 4.79 Å². The van der Waals surface area contributed by atoms with Gasteiger partial charge in [0.15, 0.2) is 0 Å². The molecular weight excluding hydrogens is 222 g/mol. The molecule has 1 aliphatic rings. The van der Waals surface area contributed by atoms with Gasteiger partial charge in [0, 0.05) is 5.56 Å². The summed E-state index contributed by atoms with van der Waals surface area (Å²) in [6.07, 6.45) is 0.814. The second-order valence-corrected chi connectivity index (χ2v) is 3.61. The topological polar surface area (TPSA) is 57.1 Å². The molecule has 0 saturated heterocycles. The van der Waals surface area contributed by atoms with E-state index in [2.05, 4.69) is 14.7 Å². The van der Waals surface area contributed by atoms with Crippen LogP contribution in [0.25, 0.3) is 0 Å². The molecule has 0 aliphatic heterocycles. The van der Waals surface area contributed by atoms with E-state index in [0.29, 0.717) is 0 Å². The van der Waals surface area contributed by atoms with Gasteiger partial charge in [-0.05, 0) is 36.6 Å². The van der Waals surface area contributed by atoms with E-state index in [1.807, 2.05) is 18.2 Å². The molecule has 1 aliphatic carbocycles. The standard InChI is InChI=1S/C12H13NO4/c1-15-9-4-5-10-8(7-9)3-6-11(10)13-17-12(14)16-2/h4-5,7H,3,6H2,1-2H3/b13-11-. The molecule has 0 aromatic heterocycles. The monoisotopic (exact) mass is 235 g/mol. The number of benzene rings is 1. The van der Waals surface area contributed by atoms with Crippen molar-refractivity contribution in [1.82, 2.24) is 0 Å². The lowest BCUT2D eigenvalue weighted by Gasteiger charge is -2.03. The molecule has 90 valence electrons. The number of methoxy groups -OCH3 is 2. The third-order valence-corrected chi connectivity index (χ3v) is 2.65. The number of ether oxygens (including phenoxy) is 2. The molecule has 5 nitrogen and oxygen atoms in total. The van der Waals surface area contributed by atoms with E-state index in [1.165, 1.54) is 7.11 Å². The Morgan fingerprint density at radius 2 is 2.12 bits per heavy atom. The fraction of sp³-hybridized carbons (Fsp3) is 0.333. The molecule has 0 saturated carbocycles. The van der Waals surface area contributed by atoms with Crippen LogP contribution >= 0.6 is 0 Å². The fourth-order valence-corrected chi connectivity index (χ4v) is 1.80. The normalized spacial score (nSPS) is 15.5. The Morgan fingerprint density at radius 1 is 1.29 bits per heavy atom. The maximum absolute atomic E-state index is 10.8. The summed E-state index contributed by atoms with van der Waals surface area (Å²) in [6, 6.07) is 5.74. The molecule has 1 aromatic rings. The third-order valence-electron chi connectivity index (χ3n) is 2.65. The molecule has 0 atom stereocenters. The van der Waals surface area contributed by atoms with Gasteiger partial charge in [-0.3, -0.25) is 4.84 Å². The molecule has 0 unspecified atom stereocenters. The summed E-state index contributed by atoms with van der Waals surface area (Å²) in [6.45, 7) is 0. The van der Waals surface area contributed by atoms with Gasteiger partial charge >= 0.3 is 6.16 Å². The average Bonchev–Trinajstić information content (AvgIpc) is 2.77. The van der Waals surface area contributed by atoms with Gasteiger partial charge in [0.25, 0.3) is 0 Å². The highest BCUT2D eigenvalue weighted by Gasteiger charge is 2.19. The zero-order valence-electron chi connectivity index (χ0n) is 9.73. The van der Waals surface area contributed by atoms with Crippen LogP contribution in [-0.2, 0) is 16.0 Å². The Hall–Kier alpha value is -2.04. The summed E-state index contributed by atoms with van der Waals surface area (Å²) >= 11 is 0. The van der Waals surface area contributed by atoms with Crippen LogP contribution in [0.4, 0.5) is 4.79 Å².